The van der Waals surface area contributed by atoms with Crippen molar-refractivity contribution in [3.63, 3.8) is 0 Å². The second-order valence-electron chi connectivity index (χ2n) is 7.16. The Bertz CT molecular complexity index is 1300. The minimum atomic E-state index is -0.842. The molecule has 6 nitrogen and oxygen atoms in total. The summed E-state index contributed by atoms with van der Waals surface area (Å²) in [7, 11) is 0. The zero-order valence-corrected chi connectivity index (χ0v) is 21.8. The van der Waals surface area contributed by atoms with Gasteiger partial charge in [-0.2, -0.15) is 0 Å². The molecule has 3 aromatic rings. The fourth-order valence-corrected chi connectivity index (χ4v) is 4.56. The summed E-state index contributed by atoms with van der Waals surface area (Å²) >= 11 is 19.1. The van der Waals surface area contributed by atoms with Crippen molar-refractivity contribution in [2.24, 2.45) is 0 Å². The van der Waals surface area contributed by atoms with Crippen molar-refractivity contribution in [3.8, 4) is 5.75 Å². The van der Waals surface area contributed by atoms with Gasteiger partial charge >= 0.3 is 6.03 Å². The number of barbiturate groups is 1. The number of carbonyl (C=O) groups is 3. The molecule has 0 radical (unpaired) electrons. The number of hydrogen-bond donors (Lipinski definition) is 1. The lowest BCUT2D eigenvalue weighted by Gasteiger charge is -2.26. The van der Waals surface area contributed by atoms with Crippen LogP contribution in [0.1, 0.15) is 11.1 Å². The van der Waals surface area contributed by atoms with E-state index < -0.39 is 17.8 Å². The largest absolute Gasteiger partial charge is 0.486 e. The van der Waals surface area contributed by atoms with E-state index in [4.69, 9.17) is 27.9 Å². The first-order chi connectivity index (χ1) is 16.2. The quantitative estimate of drug-likeness (QED) is 0.251. The van der Waals surface area contributed by atoms with Crippen LogP contribution in [0.5, 0.6) is 5.75 Å². The summed E-state index contributed by atoms with van der Waals surface area (Å²) in [6, 6.07) is 16.2. The van der Waals surface area contributed by atoms with E-state index in [0.717, 1.165) is 14.9 Å². The summed E-state index contributed by atoms with van der Waals surface area (Å²) in [6.45, 7) is 0.297. The summed E-state index contributed by atoms with van der Waals surface area (Å²) in [6.07, 6.45) is 1.36. The molecule has 34 heavy (non-hydrogen) atoms. The van der Waals surface area contributed by atoms with E-state index in [1.807, 2.05) is 24.3 Å². The molecule has 4 rings (SSSR count). The average Bonchev–Trinajstić information content (AvgIpc) is 2.78. The summed E-state index contributed by atoms with van der Waals surface area (Å²) in [4.78, 5) is 38.7. The molecule has 0 aromatic heterocycles. The van der Waals surface area contributed by atoms with Crippen molar-refractivity contribution in [1.29, 1.82) is 0 Å². The van der Waals surface area contributed by atoms with E-state index in [1.165, 1.54) is 18.2 Å². The lowest BCUT2D eigenvalue weighted by Crippen LogP contribution is -2.54. The molecule has 1 saturated heterocycles. The molecule has 1 aliphatic rings. The molecule has 4 amide bonds. The van der Waals surface area contributed by atoms with Gasteiger partial charge in [-0.15, -0.1) is 0 Å². The number of hydrogen-bond acceptors (Lipinski definition) is 4. The highest BCUT2D eigenvalue weighted by Crippen LogP contribution is 2.36. The Kier molecular flexibility index (Phi) is 7.42. The van der Waals surface area contributed by atoms with Crippen LogP contribution >= 0.6 is 55.1 Å². The molecule has 10 heteroatoms. The summed E-state index contributed by atoms with van der Waals surface area (Å²) in [5, 5.41) is 2.91. The Balaban J connectivity index is 1.60. The zero-order chi connectivity index (χ0) is 24.4. The van der Waals surface area contributed by atoms with Crippen molar-refractivity contribution in [1.82, 2.24) is 5.32 Å². The molecular formula is C24H14Br2Cl2N2O4. The highest BCUT2D eigenvalue weighted by molar-refractivity contribution is 9.10. The highest BCUT2D eigenvalue weighted by Gasteiger charge is 2.36. The number of amides is 4. The molecule has 0 bridgehead atoms. The van der Waals surface area contributed by atoms with Crippen LogP contribution in [0.2, 0.25) is 10.0 Å². The van der Waals surface area contributed by atoms with Gasteiger partial charge in [0.15, 0.2) is 5.75 Å². The Labute approximate surface area is 221 Å². The van der Waals surface area contributed by atoms with Crippen LogP contribution in [-0.2, 0) is 16.2 Å². The van der Waals surface area contributed by atoms with Gasteiger partial charge in [-0.05, 0) is 81.7 Å². The fourth-order valence-electron chi connectivity index (χ4n) is 3.19. The first-order valence-corrected chi connectivity index (χ1v) is 12.1. The van der Waals surface area contributed by atoms with Crippen molar-refractivity contribution in [2.45, 2.75) is 6.61 Å². The van der Waals surface area contributed by atoms with Gasteiger partial charge in [-0.3, -0.25) is 14.9 Å². The molecule has 0 aliphatic carbocycles. The lowest BCUT2D eigenvalue weighted by molar-refractivity contribution is -0.122. The average molecular weight is 625 g/mol. The Morgan fingerprint density at radius 3 is 2.26 bits per heavy atom. The number of imide groups is 2. The molecule has 0 spiro atoms. The smallest absolute Gasteiger partial charge is 0.335 e. The topological polar surface area (TPSA) is 75.7 Å². The van der Waals surface area contributed by atoms with Crippen LogP contribution in [0.4, 0.5) is 10.5 Å². The number of ether oxygens (including phenoxy) is 1. The monoisotopic (exact) mass is 622 g/mol. The Morgan fingerprint density at radius 2 is 1.62 bits per heavy atom. The van der Waals surface area contributed by atoms with Gasteiger partial charge in [0.2, 0.25) is 0 Å². The van der Waals surface area contributed by atoms with E-state index in [-0.39, 0.29) is 16.3 Å². The van der Waals surface area contributed by atoms with E-state index in [1.54, 1.807) is 24.3 Å². The SMILES string of the molecule is O=C1NC(=O)N(c2ccc(Cl)cc2)C(=O)/C1=C/c1cc(Cl)c(OCc2ccc(Br)cc2)c(Br)c1. The molecule has 1 aliphatic heterocycles. The van der Waals surface area contributed by atoms with Gasteiger partial charge in [-0.1, -0.05) is 51.3 Å². The van der Waals surface area contributed by atoms with Gasteiger partial charge in [0.05, 0.1) is 15.2 Å². The number of carbonyl (C=O) groups excluding carboxylic acids is 3. The third kappa shape index (κ3) is 5.36. The van der Waals surface area contributed by atoms with Crippen LogP contribution in [-0.4, -0.2) is 17.8 Å². The van der Waals surface area contributed by atoms with Crippen LogP contribution in [0.3, 0.4) is 0 Å². The third-order valence-corrected chi connectivity index (χ3v) is 6.46. The van der Waals surface area contributed by atoms with Crippen molar-refractivity contribution < 1.29 is 19.1 Å². The fraction of sp³-hybridized carbons (Fsp3) is 0.0417. The van der Waals surface area contributed by atoms with Crippen molar-refractivity contribution >= 4 is 84.7 Å². The van der Waals surface area contributed by atoms with Crippen LogP contribution in [0, 0.1) is 0 Å². The summed E-state index contributed by atoms with van der Waals surface area (Å²) < 4.78 is 7.36. The lowest BCUT2D eigenvalue weighted by atomic mass is 10.1. The minimum Gasteiger partial charge on any atom is -0.486 e. The standard InChI is InChI=1S/C24H14Br2Cl2N2O4/c25-15-3-1-13(2-4-15)12-34-21-19(26)10-14(11-20(21)28)9-18-22(31)29-24(33)30(23(18)32)17-7-5-16(27)6-8-17/h1-11H,12H2,(H,29,31,33)/b18-9+. The molecule has 172 valence electrons. The number of anilines is 1. The normalized spacial score (nSPS) is 15.0. The van der Waals surface area contributed by atoms with Crippen molar-refractivity contribution in [3.05, 3.63) is 96.4 Å². The number of benzene rings is 3. The predicted octanol–water partition coefficient (Wildman–Crippen LogP) is 6.76. The van der Waals surface area contributed by atoms with Crippen LogP contribution < -0.4 is 15.0 Å². The number of urea groups is 1. The summed E-state index contributed by atoms with van der Waals surface area (Å²) in [5.41, 5.74) is 1.48. The molecule has 1 heterocycles. The predicted molar refractivity (Wildman–Crippen MR) is 138 cm³/mol. The number of rotatable bonds is 5. The first-order valence-electron chi connectivity index (χ1n) is 9.76. The van der Waals surface area contributed by atoms with E-state index >= 15 is 0 Å². The van der Waals surface area contributed by atoms with Crippen LogP contribution in [0.15, 0.2) is 75.2 Å². The maximum absolute atomic E-state index is 13.0. The van der Waals surface area contributed by atoms with E-state index in [9.17, 15) is 14.4 Å². The maximum atomic E-state index is 13.0. The zero-order valence-electron chi connectivity index (χ0n) is 17.2. The first kappa shape index (κ1) is 24.5. The van der Waals surface area contributed by atoms with Crippen LogP contribution in [0.25, 0.3) is 6.08 Å². The molecule has 3 aromatic carbocycles. The second-order valence-corrected chi connectivity index (χ2v) is 9.78. The second kappa shape index (κ2) is 10.3. The molecular weight excluding hydrogens is 611 g/mol. The molecule has 1 N–H and O–H groups in total. The van der Waals surface area contributed by atoms with Gasteiger partial charge < -0.3 is 4.74 Å². The third-order valence-electron chi connectivity index (χ3n) is 4.81. The molecule has 0 saturated carbocycles. The number of nitrogens with zero attached hydrogens (tertiary/aromatic N) is 1. The van der Waals surface area contributed by atoms with E-state index in [0.29, 0.717) is 27.4 Å². The molecule has 0 atom stereocenters. The number of halogens is 4. The Morgan fingerprint density at radius 1 is 0.941 bits per heavy atom. The van der Waals surface area contributed by atoms with E-state index in [2.05, 4.69) is 37.2 Å². The van der Waals surface area contributed by atoms with Crippen molar-refractivity contribution in [2.75, 3.05) is 4.90 Å². The molecule has 1 fully saturated rings. The van der Waals surface area contributed by atoms with Gasteiger partial charge in [0, 0.05) is 9.50 Å². The highest BCUT2D eigenvalue weighted by atomic mass is 79.9. The van der Waals surface area contributed by atoms with Gasteiger partial charge in [0.1, 0.15) is 12.2 Å². The number of nitrogens with one attached hydrogen (secondary N) is 1. The molecule has 0 unspecified atom stereocenters. The Hall–Kier alpha value is -2.65. The maximum Gasteiger partial charge on any atom is 0.335 e. The summed E-state index contributed by atoms with van der Waals surface area (Å²) in [5.74, 6) is -1.15. The van der Waals surface area contributed by atoms with Gasteiger partial charge in [0.25, 0.3) is 11.8 Å². The van der Waals surface area contributed by atoms with Gasteiger partial charge in [-0.25, -0.2) is 9.69 Å². The minimum absolute atomic E-state index is 0.221.